The van der Waals surface area contributed by atoms with Crippen molar-refractivity contribution >= 4 is 11.6 Å². The molecule has 102 valence electrons. The first-order chi connectivity index (χ1) is 9.28. The Morgan fingerprint density at radius 1 is 1.21 bits per heavy atom. The van der Waals surface area contributed by atoms with E-state index in [-0.39, 0.29) is 12.0 Å². The normalized spacial score (nSPS) is 30.2. The van der Waals surface area contributed by atoms with Crippen LogP contribution in [-0.4, -0.2) is 25.1 Å². The van der Waals surface area contributed by atoms with E-state index in [1.807, 2.05) is 31.3 Å². The van der Waals surface area contributed by atoms with E-state index in [2.05, 4.69) is 10.6 Å². The van der Waals surface area contributed by atoms with Crippen molar-refractivity contribution in [3.8, 4) is 5.75 Å². The predicted octanol–water partition coefficient (Wildman–Crippen LogP) is 2.16. The van der Waals surface area contributed by atoms with E-state index < -0.39 is 0 Å². The molecule has 1 aliphatic heterocycles. The fraction of sp³-hybridized carbons (Fsp3) is 0.533. The van der Waals surface area contributed by atoms with Gasteiger partial charge >= 0.3 is 0 Å². The van der Waals surface area contributed by atoms with Gasteiger partial charge < -0.3 is 15.4 Å². The van der Waals surface area contributed by atoms with Crippen LogP contribution in [0.25, 0.3) is 0 Å². The predicted molar refractivity (Wildman–Crippen MR) is 74.3 cm³/mol. The standard InChI is InChI=1S/C15H20N2O2/c1-16-11-8-6-10(7-9-11)14-15(18)17-12-4-2-3-5-13(12)19-14/h2-5,10-11,14,16H,6-9H2,1H3,(H,17,18). The van der Waals surface area contributed by atoms with Gasteiger partial charge in [0.2, 0.25) is 0 Å². The van der Waals surface area contributed by atoms with Crippen molar-refractivity contribution in [3.05, 3.63) is 24.3 Å². The first kappa shape index (κ1) is 12.5. The van der Waals surface area contributed by atoms with Crippen LogP contribution >= 0.6 is 0 Å². The molecule has 1 atom stereocenters. The minimum atomic E-state index is -0.326. The van der Waals surface area contributed by atoms with Crippen LogP contribution in [0, 0.1) is 5.92 Å². The molecule has 1 heterocycles. The number of carbonyl (C=O) groups excluding carboxylic acids is 1. The van der Waals surface area contributed by atoms with E-state index in [1.54, 1.807) is 0 Å². The lowest BCUT2D eigenvalue weighted by Crippen LogP contribution is -2.45. The van der Waals surface area contributed by atoms with Crippen LogP contribution in [0.15, 0.2) is 24.3 Å². The molecule has 1 unspecified atom stereocenters. The van der Waals surface area contributed by atoms with E-state index >= 15 is 0 Å². The molecule has 0 spiro atoms. The van der Waals surface area contributed by atoms with Crippen molar-refractivity contribution in [2.45, 2.75) is 37.8 Å². The maximum absolute atomic E-state index is 12.2. The van der Waals surface area contributed by atoms with Crippen LogP contribution in [0.2, 0.25) is 0 Å². The molecular formula is C15H20N2O2. The third kappa shape index (κ3) is 2.45. The van der Waals surface area contributed by atoms with E-state index in [1.165, 1.54) is 0 Å². The Labute approximate surface area is 113 Å². The molecular weight excluding hydrogens is 240 g/mol. The molecule has 1 aromatic rings. The van der Waals surface area contributed by atoms with Crippen LogP contribution in [0.1, 0.15) is 25.7 Å². The molecule has 19 heavy (non-hydrogen) atoms. The number of anilines is 1. The van der Waals surface area contributed by atoms with Crippen molar-refractivity contribution in [2.75, 3.05) is 12.4 Å². The second-order valence-corrected chi connectivity index (χ2v) is 5.42. The van der Waals surface area contributed by atoms with Crippen LogP contribution in [-0.2, 0) is 4.79 Å². The van der Waals surface area contributed by atoms with Gasteiger partial charge in [0.1, 0.15) is 5.75 Å². The smallest absolute Gasteiger partial charge is 0.265 e. The van der Waals surface area contributed by atoms with Gasteiger partial charge in [-0.2, -0.15) is 0 Å². The number of hydrogen-bond acceptors (Lipinski definition) is 3. The maximum atomic E-state index is 12.2. The van der Waals surface area contributed by atoms with E-state index in [9.17, 15) is 4.79 Å². The Morgan fingerprint density at radius 2 is 1.95 bits per heavy atom. The molecule has 0 aromatic heterocycles. The topological polar surface area (TPSA) is 50.4 Å². The molecule has 1 fully saturated rings. The van der Waals surface area contributed by atoms with Crippen LogP contribution < -0.4 is 15.4 Å². The fourth-order valence-electron chi connectivity index (χ4n) is 3.09. The van der Waals surface area contributed by atoms with Gasteiger partial charge in [-0.05, 0) is 44.9 Å². The molecule has 0 saturated heterocycles. The molecule has 2 aliphatic rings. The number of rotatable bonds is 2. The number of ether oxygens (including phenoxy) is 1. The van der Waals surface area contributed by atoms with Crippen molar-refractivity contribution in [3.63, 3.8) is 0 Å². The largest absolute Gasteiger partial charge is 0.478 e. The maximum Gasteiger partial charge on any atom is 0.265 e. The SMILES string of the molecule is CNC1CCC(C2Oc3ccccc3NC2=O)CC1. The van der Waals surface area contributed by atoms with Crippen LogP contribution in [0.4, 0.5) is 5.69 Å². The monoisotopic (exact) mass is 260 g/mol. The van der Waals surface area contributed by atoms with E-state index in [0.717, 1.165) is 37.1 Å². The lowest BCUT2D eigenvalue weighted by molar-refractivity contribution is -0.126. The zero-order valence-corrected chi connectivity index (χ0v) is 11.2. The van der Waals surface area contributed by atoms with Crippen molar-refractivity contribution < 1.29 is 9.53 Å². The Kier molecular flexibility index (Phi) is 3.42. The number of carbonyl (C=O) groups is 1. The molecule has 1 aliphatic carbocycles. The first-order valence-corrected chi connectivity index (χ1v) is 7.01. The summed E-state index contributed by atoms with van der Waals surface area (Å²) in [4.78, 5) is 12.2. The summed E-state index contributed by atoms with van der Waals surface area (Å²) in [6, 6.07) is 8.23. The van der Waals surface area contributed by atoms with E-state index in [4.69, 9.17) is 4.74 Å². The number of nitrogens with one attached hydrogen (secondary N) is 2. The third-order valence-electron chi connectivity index (χ3n) is 4.27. The number of hydrogen-bond donors (Lipinski definition) is 2. The molecule has 3 rings (SSSR count). The summed E-state index contributed by atoms with van der Waals surface area (Å²) < 4.78 is 5.92. The first-order valence-electron chi connectivity index (χ1n) is 7.01. The highest BCUT2D eigenvalue weighted by molar-refractivity contribution is 5.97. The van der Waals surface area contributed by atoms with Gasteiger partial charge in [-0.1, -0.05) is 12.1 Å². The van der Waals surface area contributed by atoms with Gasteiger partial charge in [0, 0.05) is 12.0 Å². The lowest BCUT2D eigenvalue weighted by atomic mass is 9.82. The zero-order chi connectivity index (χ0) is 13.2. The van der Waals surface area contributed by atoms with Gasteiger partial charge in [0.05, 0.1) is 5.69 Å². The molecule has 1 aromatic carbocycles. The summed E-state index contributed by atoms with van der Waals surface area (Å²) >= 11 is 0. The van der Waals surface area contributed by atoms with Gasteiger partial charge in [-0.15, -0.1) is 0 Å². The molecule has 0 bridgehead atoms. The van der Waals surface area contributed by atoms with Crippen LogP contribution in [0.3, 0.4) is 0 Å². The van der Waals surface area contributed by atoms with Gasteiger partial charge in [0.15, 0.2) is 6.10 Å². The summed E-state index contributed by atoms with van der Waals surface area (Å²) in [6.45, 7) is 0. The molecule has 0 radical (unpaired) electrons. The number of para-hydroxylation sites is 2. The highest BCUT2D eigenvalue weighted by atomic mass is 16.5. The Balaban J connectivity index is 1.71. The summed E-state index contributed by atoms with van der Waals surface area (Å²) in [5, 5.41) is 6.27. The average Bonchev–Trinajstić information content (AvgIpc) is 2.47. The minimum absolute atomic E-state index is 0.00612. The molecule has 1 amide bonds. The Hall–Kier alpha value is -1.55. The molecule has 4 heteroatoms. The van der Waals surface area contributed by atoms with Gasteiger partial charge in [0.25, 0.3) is 5.91 Å². The highest BCUT2D eigenvalue weighted by Crippen LogP contribution is 2.35. The van der Waals surface area contributed by atoms with Crippen molar-refractivity contribution in [2.24, 2.45) is 5.92 Å². The highest BCUT2D eigenvalue weighted by Gasteiger charge is 2.36. The summed E-state index contributed by atoms with van der Waals surface area (Å²) in [5.41, 5.74) is 0.785. The molecule has 2 N–H and O–H groups in total. The van der Waals surface area contributed by atoms with E-state index in [0.29, 0.717) is 12.0 Å². The number of fused-ring (bicyclic) bond motifs is 1. The molecule has 1 saturated carbocycles. The zero-order valence-electron chi connectivity index (χ0n) is 11.2. The lowest BCUT2D eigenvalue weighted by Gasteiger charge is -2.35. The quantitative estimate of drug-likeness (QED) is 0.856. The summed E-state index contributed by atoms with van der Waals surface area (Å²) in [6.07, 6.45) is 4.01. The average molecular weight is 260 g/mol. The fourth-order valence-corrected chi connectivity index (χ4v) is 3.09. The molecule has 4 nitrogen and oxygen atoms in total. The Bertz CT molecular complexity index is 467. The summed E-state index contributed by atoms with van der Waals surface area (Å²) in [5.74, 6) is 1.13. The Morgan fingerprint density at radius 3 is 2.68 bits per heavy atom. The van der Waals surface area contributed by atoms with Gasteiger partial charge in [-0.3, -0.25) is 4.79 Å². The van der Waals surface area contributed by atoms with Crippen molar-refractivity contribution in [1.82, 2.24) is 5.32 Å². The number of benzene rings is 1. The third-order valence-corrected chi connectivity index (χ3v) is 4.27. The minimum Gasteiger partial charge on any atom is -0.478 e. The second kappa shape index (κ2) is 5.21. The second-order valence-electron chi connectivity index (χ2n) is 5.42. The van der Waals surface area contributed by atoms with Crippen LogP contribution in [0.5, 0.6) is 5.75 Å². The van der Waals surface area contributed by atoms with Gasteiger partial charge in [-0.25, -0.2) is 0 Å². The van der Waals surface area contributed by atoms with Crippen molar-refractivity contribution in [1.29, 1.82) is 0 Å². The number of amides is 1. The summed E-state index contributed by atoms with van der Waals surface area (Å²) in [7, 11) is 2.01.